The summed E-state index contributed by atoms with van der Waals surface area (Å²) in [6.45, 7) is 6.45. The Kier molecular flexibility index (Phi) is 7.99. The highest BCUT2D eigenvalue weighted by Crippen LogP contribution is 2.33. The predicted molar refractivity (Wildman–Crippen MR) is 170 cm³/mol. The Morgan fingerprint density at radius 1 is 0.889 bits per heavy atom. The summed E-state index contributed by atoms with van der Waals surface area (Å²) in [6.07, 6.45) is 0.565. The average Bonchev–Trinajstić information content (AvgIpc) is 3.61. The van der Waals surface area contributed by atoms with Crippen molar-refractivity contribution >= 4 is 34.3 Å². The van der Waals surface area contributed by atoms with E-state index in [9.17, 15) is 23.6 Å². The first-order chi connectivity index (χ1) is 21.5. The maximum atomic E-state index is 14.2. The molecule has 0 aromatic heterocycles. The molecule has 3 unspecified atom stereocenters. The van der Waals surface area contributed by atoms with Gasteiger partial charge in [0.25, 0.3) is 11.8 Å². The quantitative estimate of drug-likeness (QED) is 0.323. The summed E-state index contributed by atoms with van der Waals surface area (Å²) in [5.41, 5.74) is 2.58. The van der Waals surface area contributed by atoms with E-state index in [1.165, 1.54) is 17.0 Å². The number of halogens is 1. The molecular formula is C37H36FN3O4. The molecule has 2 heterocycles. The van der Waals surface area contributed by atoms with Gasteiger partial charge in [0.05, 0.1) is 12.6 Å². The van der Waals surface area contributed by atoms with Crippen LogP contribution in [-0.4, -0.2) is 64.5 Å². The first-order valence-corrected chi connectivity index (χ1v) is 15.3. The highest BCUT2D eigenvalue weighted by Gasteiger charge is 2.52. The molecule has 3 atom stereocenters. The van der Waals surface area contributed by atoms with Gasteiger partial charge in [0, 0.05) is 24.1 Å². The number of hydrogen-bond donors (Lipinski definition) is 1. The number of carbonyl (C=O) groups excluding carboxylic acids is 4. The average molecular weight is 606 g/mol. The number of Topliss-reactive ketones (excluding diaryl/α,β-unsaturated/α-hetero) is 1. The lowest BCUT2D eigenvalue weighted by atomic mass is 9.86. The summed E-state index contributed by atoms with van der Waals surface area (Å²) in [4.78, 5) is 57.9. The van der Waals surface area contributed by atoms with Gasteiger partial charge < -0.3 is 15.1 Å². The number of nitrogens with zero attached hydrogens (tertiary/aromatic N) is 2. The van der Waals surface area contributed by atoms with Crippen molar-refractivity contribution in [3.8, 4) is 0 Å². The molecule has 230 valence electrons. The number of fused-ring (bicyclic) bond motifs is 2. The summed E-state index contributed by atoms with van der Waals surface area (Å²) in [5, 5.41) is 4.63. The Balaban J connectivity index is 1.24. The molecule has 7 nitrogen and oxygen atoms in total. The molecular weight excluding hydrogens is 569 g/mol. The first-order valence-electron chi connectivity index (χ1n) is 15.3. The van der Waals surface area contributed by atoms with Gasteiger partial charge in [0.15, 0.2) is 5.78 Å². The van der Waals surface area contributed by atoms with Crippen LogP contribution in [0.2, 0.25) is 0 Å². The summed E-state index contributed by atoms with van der Waals surface area (Å²) in [6, 6.07) is 23.9. The van der Waals surface area contributed by atoms with Gasteiger partial charge in [-0.2, -0.15) is 0 Å². The van der Waals surface area contributed by atoms with Gasteiger partial charge in [-0.1, -0.05) is 81.4 Å². The summed E-state index contributed by atoms with van der Waals surface area (Å²) < 4.78 is 13.7. The predicted octanol–water partition coefficient (Wildman–Crippen LogP) is 5.31. The zero-order valence-electron chi connectivity index (χ0n) is 25.6. The van der Waals surface area contributed by atoms with Gasteiger partial charge in [-0.05, 0) is 64.1 Å². The molecule has 2 aliphatic rings. The SMILES string of the molecule is CC(C)(C)c1ccc(C(=O)NC(Cc2ccc(F)cc2)C(=O)N2CCC3C2C(=O)CN3C(=O)c2cccc3ccccc23)cc1. The van der Waals surface area contributed by atoms with Crippen LogP contribution in [0.4, 0.5) is 4.39 Å². The molecule has 2 saturated heterocycles. The van der Waals surface area contributed by atoms with Crippen LogP contribution in [0.15, 0.2) is 91.0 Å². The van der Waals surface area contributed by atoms with Gasteiger partial charge in [0.2, 0.25) is 5.91 Å². The summed E-state index contributed by atoms with van der Waals surface area (Å²) in [5.74, 6) is -1.67. The van der Waals surface area contributed by atoms with Crippen LogP contribution in [-0.2, 0) is 21.4 Å². The van der Waals surface area contributed by atoms with Gasteiger partial charge in [-0.15, -0.1) is 0 Å². The number of amides is 3. The van der Waals surface area contributed by atoms with E-state index in [1.807, 2.05) is 48.5 Å². The van der Waals surface area contributed by atoms with E-state index in [4.69, 9.17) is 0 Å². The highest BCUT2D eigenvalue weighted by atomic mass is 19.1. The maximum Gasteiger partial charge on any atom is 0.255 e. The molecule has 2 aliphatic heterocycles. The maximum absolute atomic E-state index is 14.2. The number of carbonyl (C=O) groups is 4. The fraction of sp³-hybridized carbons (Fsp3) is 0.297. The molecule has 2 fully saturated rings. The van der Waals surface area contributed by atoms with E-state index in [-0.39, 0.29) is 36.6 Å². The van der Waals surface area contributed by atoms with Crippen molar-refractivity contribution in [2.24, 2.45) is 0 Å². The normalized spacial score (nSPS) is 18.6. The van der Waals surface area contributed by atoms with Gasteiger partial charge >= 0.3 is 0 Å². The molecule has 4 aromatic carbocycles. The third-order valence-electron chi connectivity index (χ3n) is 8.96. The number of likely N-dealkylation sites (tertiary alicyclic amines) is 2. The molecule has 1 N–H and O–H groups in total. The number of hydrogen-bond acceptors (Lipinski definition) is 4. The van der Waals surface area contributed by atoms with E-state index >= 15 is 0 Å². The number of benzene rings is 4. The fourth-order valence-electron chi connectivity index (χ4n) is 6.53. The summed E-state index contributed by atoms with van der Waals surface area (Å²) in [7, 11) is 0. The van der Waals surface area contributed by atoms with Gasteiger partial charge in [0.1, 0.15) is 17.9 Å². The third-order valence-corrected chi connectivity index (χ3v) is 8.96. The van der Waals surface area contributed by atoms with E-state index in [0.29, 0.717) is 23.1 Å². The third kappa shape index (κ3) is 5.97. The molecule has 6 rings (SSSR count). The van der Waals surface area contributed by atoms with E-state index < -0.39 is 35.8 Å². The second-order valence-electron chi connectivity index (χ2n) is 12.9. The smallest absolute Gasteiger partial charge is 0.255 e. The van der Waals surface area contributed by atoms with Gasteiger partial charge in [-0.25, -0.2) is 4.39 Å². The minimum absolute atomic E-state index is 0.0842. The van der Waals surface area contributed by atoms with Crippen LogP contribution in [0.3, 0.4) is 0 Å². The lowest BCUT2D eigenvalue weighted by Crippen LogP contribution is -2.53. The monoisotopic (exact) mass is 605 g/mol. The molecule has 4 aromatic rings. The minimum Gasteiger partial charge on any atom is -0.340 e. The molecule has 0 aliphatic carbocycles. The van der Waals surface area contributed by atoms with Gasteiger partial charge in [-0.3, -0.25) is 19.2 Å². The van der Waals surface area contributed by atoms with E-state index in [0.717, 1.165) is 16.3 Å². The van der Waals surface area contributed by atoms with E-state index in [1.54, 1.807) is 35.2 Å². The summed E-state index contributed by atoms with van der Waals surface area (Å²) >= 11 is 0. The van der Waals surface area contributed by atoms with E-state index in [2.05, 4.69) is 26.1 Å². The molecule has 3 amide bonds. The Labute approximate surface area is 262 Å². The van der Waals surface area contributed by atoms with Crippen molar-refractivity contribution in [2.75, 3.05) is 13.1 Å². The zero-order valence-corrected chi connectivity index (χ0v) is 25.6. The fourth-order valence-corrected chi connectivity index (χ4v) is 6.53. The molecule has 0 spiro atoms. The lowest BCUT2D eigenvalue weighted by molar-refractivity contribution is -0.138. The number of ketones is 1. The molecule has 0 bridgehead atoms. The van der Waals surface area contributed by atoms with Crippen LogP contribution in [0.5, 0.6) is 0 Å². The number of nitrogens with one attached hydrogen (secondary N) is 1. The van der Waals surface area contributed by atoms with Crippen molar-refractivity contribution in [3.05, 3.63) is 119 Å². The van der Waals surface area contributed by atoms with Crippen molar-refractivity contribution in [1.82, 2.24) is 15.1 Å². The van der Waals surface area contributed by atoms with Crippen molar-refractivity contribution in [3.63, 3.8) is 0 Å². The molecule has 45 heavy (non-hydrogen) atoms. The zero-order chi connectivity index (χ0) is 31.9. The topological polar surface area (TPSA) is 86.8 Å². The van der Waals surface area contributed by atoms with Crippen molar-refractivity contribution in [2.45, 2.75) is 57.2 Å². The first kappa shape index (κ1) is 30.2. The van der Waals surface area contributed by atoms with Crippen LogP contribution >= 0.6 is 0 Å². The Bertz CT molecular complexity index is 1770. The van der Waals surface area contributed by atoms with Crippen LogP contribution in [0.1, 0.15) is 59.0 Å². The minimum atomic E-state index is -1.00. The molecule has 0 saturated carbocycles. The Hall–Kier alpha value is -4.85. The van der Waals surface area contributed by atoms with Crippen LogP contribution < -0.4 is 5.32 Å². The number of rotatable bonds is 6. The lowest BCUT2D eigenvalue weighted by Gasteiger charge is -2.28. The van der Waals surface area contributed by atoms with Crippen LogP contribution in [0.25, 0.3) is 10.8 Å². The Morgan fingerprint density at radius 3 is 2.29 bits per heavy atom. The highest BCUT2D eigenvalue weighted by molar-refractivity contribution is 6.10. The van der Waals surface area contributed by atoms with Crippen LogP contribution in [0, 0.1) is 5.82 Å². The molecule has 8 heteroatoms. The standard InChI is InChI=1S/C37H36FN3O4/c1-37(2,3)26-15-13-25(14-16-26)34(43)39-30(21-23-11-17-27(38)18-12-23)36(45)40-20-19-31-33(40)32(42)22-41(31)35(44)29-10-6-8-24-7-4-5-9-28(24)29/h4-18,30-31,33H,19-22H2,1-3H3,(H,39,43). The second-order valence-corrected chi connectivity index (χ2v) is 12.9. The van der Waals surface area contributed by atoms with Crippen molar-refractivity contribution in [1.29, 1.82) is 0 Å². The molecule has 0 radical (unpaired) electrons. The Morgan fingerprint density at radius 2 is 1.58 bits per heavy atom. The second kappa shape index (κ2) is 11.9. The van der Waals surface area contributed by atoms with Crippen molar-refractivity contribution < 1.29 is 23.6 Å². The largest absolute Gasteiger partial charge is 0.340 e.